The van der Waals surface area contributed by atoms with Crippen molar-refractivity contribution < 1.29 is 14.3 Å². The van der Waals surface area contributed by atoms with Gasteiger partial charge >= 0.3 is 12.0 Å². The number of nitrogens with one attached hydrogen (secondary N) is 1. The molecule has 9 heteroatoms. The molecule has 0 aliphatic carbocycles. The summed E-state index contributed by atoms with van der Waals surface area (Å²) in [5.74, 6) is 0.431. The van der Waals surface area contributed by atoms with Gasteiger partial charge in [-0.3, -0.25) is 14.7 Å². The van der Waals surface area contributed by atoms with Gasteiger partial charge in [-0.25, -0.2) is 9.78 Å². The topological polar surface area (TPSA) is 87.1 Å². The summed E-state index contributed by atoms with van der Waals surface area (Å²) in [6, 6.07) is 5.87. The number of rotatable bonds is 9. The molecule has 2 aliphatic rings. The van der Waals surface area contributed by atoms with Crippen LogP contribution in [0.2, 0.25) is 0 Å². The number of fused-ring (bicyclic) bond motifs is 2. The van der Waals surface area contributed by atoms with Crippen molar-refractivity contribution >= 4 is 53.2 Å². The van der Waals surface area contributed by atoms with Crippen LogP contribution >= 0.6 is 12.6 Å². The Labute approximate surface area is 251 Å². The molecule has 2 aromatic rings. The minimum Gasteiger partial charge on any atom is -0.460 e. The third-order valence-corrected chi connectivity index (χ3v) is 7.29. The normalized spacial score (nSPS) is 14.4. The highest BCUT2D eigenvalue weighted by atomic mass is 32.1. The van der Waals surface area contributed by atoms with Gasteiger partial charge in [-0.15, -0.1) is 0 Å². The summed E-state index contributed by atoms with van der Waals surface area (Å²) in [5, 5.41) is 3.09. The molecular weight excluding hydrogens is 534 g/mol. The Morgan fingerprint density at radius 2 is 1.90 bits per heavy atom. The highest BCUT2D eigenvalue weighted by Gasteiger charge is 2.31. The first-order valence-corrected chi connectivity index (χ1v) is 15.6. The number of carbonyl (C=O) groups excluding carboxylic acids is 2. The standard InChI is InChI=1S/C31H43N5O3.CH4S/c1-8-14-35(15-11-22(9-2)29(37)39-31(5,6)7)26-10-13-32-28-25(26)12-16-36(28)30(38)34-24-17-20(3)27-23(19-24)18-21(4)33-27;1-2/h10,13,17,19,22H,8-9,11-12,14-16,18H2,1-7H3,(H,34,38);2H,1H3. The number of benzene rings is 1. The van der Waals surface area contributed by atoms with E-state index >= 15 is 0 Å². The largest absolute Gasteiger partial charge is 0.460 e. The fourth-order valence-corrected chi connectivity index (χ4v) is 5.49. The van der Waals surface area contributed by atoms with Crippen LogP contribution in [-0.2, 0) is 22.4 Å². The van der Waals surface area contributed by atoms with Crippen LogP contribution < -0.4 is 15.1 Å². The van der Waals surface area contributed by atoms with Gasteiger partial charge in [-0.1, -0.05) is 13.8 Å². The summed E-state index contributed by atoms with van der Waals surface area (Å²) in [6.07, 6.45) is 7.47. The first-order valence-electron chi connectivity index (χ1n) is 14.7. The van der Waals surface area contributed by atoms with Crippen LogP contribution in [0.3, 0.4) is 0 Å². The van der Waals surface area contributed by atoms with E-state index in [0.717, 1.165) is 78.2 Å². The molecule has 224 valence electrons. The number of thiol groups is 1. The second kappa shape index (κ2) is 14.2. The van der Waals surface area contributed by atoms with E-state index in [1.54, 1.807) is 17.4 Å². The lowest BCUT2D eigenvalue weighted by Crippen LogP contribution is -2.34. The van der Waals surface area contributed by atoms with Gasteiger partial charge in [0.05, 0.1) is 11.6 Å². The van der Waals surface area contributed by atoms with E-state index in [1.165, 1.54) is 0 Å². The van der Waals surface area contributed by atoms with Gasteiger partial charge in [0, 0.05) is 54.9 Å². The van der Waals surface area contributed by atoms with Crippen LogP contribution in [0.25, 0.3) is 0 Å². The summed E-state index contributed by atoms with van der Waals surface area (Å²) in [7, 11) is 0. The second-order valence-corrected chi connectivity index (χ2v) is 11.7. The number of amides is 2. The molecule has 41 heavy (non-hydrogen) atoms. The quantitative estimate of drug-likeness (QED) is 0.243. The number of hydrogen-bond acceptors (Lipinski definition) is 7. The number of ether oxygens (including phenoxy) is 1. The maximum absolute atomic E-state index is 13.4. The first-order chi connectivity index (χ1) is 19.5. The smallest absolute Gasteiger partial charge is 0.327 e. The van der Waals surface area contributed by atoms with Crippen molar-refractivity contribution in [2.45, 2.75) is 86.2 Å². The molecule has 1 aromatic carbocycles. The average Bonchev–Trinajstić information content (AvgIpc) is 3.52. The van der Waals surface area contributed by atoms with E-state index in [-0.39, 0.29) is 17.9 Å². The highest BCUT2D eigenvalue weighted by molar-refractivity contribution is 7.79. The molecule has 0 spiro atoms. The third kappa shape index (κ3) is 8.03. The molecule has 0 radical (unpaired) electrons. The molecule has 0 fully saturated rings. The van der Waals surface area contributed by atoms with Gasteiger partial charge in [0.15, 0.2) is 0 Å². The number of hydrogen-bond donors (Lipinski definition) is 2. The Morgan fingerprint density at radius 1 is 1.17 bits per heavy atom. The predicted molar refractivity (Wildman–Crippen MR) is 174 cm³/mol. The van der Waals surface area contributed by atoms with E-state index in [4.69, 9.17) is 4.74 Å². The van der Waals surface area contributed by atoms with Crippen molar-refractivity contribution in [2.75, 3.05) is 41.0 Å². The Hall–Kier alpha value is -3.07. The molecule has 1 N–H and O–H groups in total. The van der Waals surface area contributed by atoms with E-state index < -0.39 is 5.60 Å². The number of urea groups is 1. The van der Waals surface area contributed by atoms with E-state index in [0.29, 0.717) is 18.8 Å². The molecule has 0 saturated carbocycles. The van der Waals surface area contributed by atoms with Crippen molar-refractivity contribution in [1.29, 1.82) is 0 Å². The van der Waals surface area contributed by atoms with Crippen molar-refractivity contribution in [3.8, 4) is 0 Å². The number of esters is 1. The average molecular weight is 582 g/mol. The Kier molecular flexibility index (Phi) is 11.2. The summed E-state index contributed by atoms with van der Waals surface area (Å²) >= 11 is 3.53. The number of pyridine rings is 1. The van der Waals surface area contributed by atoms with Gasteiger partial charge in [0.2, 0.25) is 0 Å². The van der Waals surface area contributed by atoms with Crippen LogP contribution in [0, 0.1) is 12.8 Å². The molecule has 2 amide bonds. The lowest BCUT2D eigenvalue weighted by Gasteiger charge is -2.29. The number of aryl methyl sites for hydroxylation is 1. The molecule has 0 saturated heterocycles. The summed E-state index contributed by atoms with van der Waals surface area (Å²) in [5.41, 5.74) is 6.80. The van der Waals surface area contributed by atoms with Crippen LogP contribution in [0.1, 0.15) is 77.5 Å². The SMILES string of the molecule is CCCN(CCC(CC)C(=O)OC(C)(C)C)c1ccnc2c1CCN2C(=O)Nc1cc(C)c2c(c1)CC(C)=N2.CS. The zero-order valence-corrected chi connectivity index (χ0v) is 26.9. The molecule has 0 bridgehead atoms. The van der Waals surface area contributed by atoms with Crippen molar-refractivity contribution in [3.63, 3.8) is 0 Å². The van der Waals surface area contributed by atoms with Gasteiger partial charge in [0.25, 0.3) is 0 Å². The maximum atomic E-state index is 13.4. The highest BCUT2D eigenvalue weighted by Crippen LogP contribution is 2.36. The maximum Gasteiger partial charge on any atom is 0.327 e. The molecule has 1 atom stereocenters. The zero-order chi connectivity index (χ0) is 30.3. The molecule has 8 nitrogen and oxygen atoms in total. The molecule has 1 aromatic heterocycles. The Balaban J connectivity index is 0.00000226. The third-order valence-electron chi connectivity index (χ3n) is 7.29. The second-order valence-electron chi connectivity index (χ2n) is 11.7. The van der Waals surface area contributed by atoms with Crippen LogP contribution in [0.5, 0.6) is 0 Å². The molecular formula is C32H47N5O3S. The Morgan fingerprint density at radius 3 is 2.56 bits per heavy atom. The summed E-state index contributed by atoms with van der Waals surface area (Å²) in [4.78, 5) is 39.4. The molecule has 2 aliphatic heterocycles. The lowest BCUT2D eigenvalue weighted by atomic mass is 10.0. The predicted octanol–water partition coefficient (Wildman–Crippen LogP) is 7.15. The minimum atomic E-state index is -0.491. The molecule has 4 rings (SSSR count). The fraction of sp³-hybridized carbons (Fsp3) is 0.562. The molecule has 3 heterocycles. The monoisotopic (exact) mass is 581 g/mol. The lowest BCUT2D eigenvalue weighted by molar-refractivity contribution is -0.160. The van der Waals surface area contributed by atoms with E-state index in [9.17, 15) is 9.59 Å². The van der Waals surface area contributed by atoms with Crippen molar-refractivity contribution in [2.24, 2.45) is 10.9 Å². The van der Waals surface area contributed by atoms with Crippen LogP contribution in [0.15, 0.2) is 29.4 Å². The van der Waals surface area contributed by atoms with Gasteiger partial charge in [-0.05, 0) is 95.9 Å². The number of anilines is 3. The van der Waals surface area contributed by atoms with Crippen LogP contribution in [0.4, 0.5) is 27.7 Å². The van der Waals surface area contributed by atoms with Crippen molar-refractivity contribution in [1.82, 2.24) is 4.98 Å². The number of aromatic nitrogens is 1. The van der Waals surface area contributed by atoms with Crippen LogP contribution in [-0.4, -0.2) is 54.2 Å². The van der Waals surface area contributed by atoms with E-state index in [2.05, 4.69) is 39.7 Å². The zero-order valence-electron chi connectivity index (χ0n) is 26.0. The van der Waals surface area contributed by atoms with E-state index in [1.807, 2.05) is 59.7 Å². The first kappa shape index (κ1) is 32.4. The minimum absolute atomic E-state index is 0.132. The van der Waals surface area contributed by atoms with Gasteiger partial charge in [-0.2, -0.15) is 12.6 Å². The number of nitrogens with zero attached hydrogens (tertiary/aromatic N) is 4. The number of carbonyl (C=O) groups is 2. The summed E-state index contributed by atoms with van der Waals surface area (Å²) < 4.78 is 5.66. The fourth-order valence-electron chi connectivity index (χ4n) is 5.49. The molecule has 1 unspecified atom stereocenters. The van der Waals surface area contributed by atoms with Gasteiger partial charge < -0.3 is 15.0 Å². The van der Waals surface area contributed by atoms with Crippen molar-refractivity contribution in [3.05, 3.63) is 41.1 Å². The number of aliphatic imine (C=N–C) groups is 1. The van der Waals surface area contributed by atoms with Gasteiger partial charge in [0.1, 0.15) is 11.4 Å². The Bertz CT molecular complexity index is 1270. The summed E-state index contributed by atoms with van der Waals surface area (Å²) in [6.45, 7) is 16.2.